The fraction of sp³-hybridized carbons (Fsp3) is 0.188. The number of carbonyl (C=O) groups is 1. The van der Waals surface area contributed by atoms with Crippen molar-refractivity contribution in [1.82, 2.24) is 4.90 Å². The molecule has 0 fully saturated rings. The molecule has 0 aromatic heterocycles. The highest BCUT2D eigenvalue weighted by Gasteiger charge is 2.27. The minimum Gasteiger partial charge on any atom is -0.348 e. The van der Waals surface area contributed by atoms with Crippen LogP contribution in [-0.4, -0.2) is 24.6 Å². The van der Waals surface area contributed by atoms with Gasteiger partial charge in [0.15, 0.2) is 0 Å². The maximum atomic E-state index is 12.3. The zero-order chi connectivity index (χ0) is 13.2. The average molecular weight is 253 g/mol. The molecule has 0 radical (unpaired) electrons. The van der Waals surface area contributed by atoms with Crippen LogP contribution >= 0.6 is 0 Å². The van der Waals surface area contributed by atoms with E-state index in [2.05, 4.69) is 0 Å². The van der Waals surface area contributed by atoms with Gasteiger partial charge in [-0.25, -0.2) is 0 Å². The van der Waals surface area contributed by atoms with Gasteiger partial charge in [0.1, 0.15) is 12.8 Å². The van der Waals surface area contributed by atoms with E-state index in [1.807, 2.05) is 54.6 Å². The third kappa shape index (κ3) is 2.13. The number of nitrogens with zero attached hydrogens (tertiary/aromatic N) is 1. The molecule has 0 saturated heterocycles. The highest BCUT2D eigenvalue weighted by atomic mass is 16.5. The van der Waals surface area contributed by atoms with E-state index in [-0.39, 0.29) is 12.0 Å². The third-order valence-electron chi connectivity index (χ3n) is 3.36. The standard InChI is InChI=1S/C16H15NO2/c1-17-11-19-15(12-7-3-2-4-8-12)13-9-5-6-10-14(13)16(17)18/h2-10,15H,11H2,1H3/t15-/m0/s1. The number of carbonyl (C=O) groups excluding carboxylic acids is 1. The van der Waals surface area contributed by atoms with Gasteiger partial charge in [-0.15, -0.1) is 0 Å². The minimum atomic E-state index is -0.189. The zero-order valence-electron chi connectivity index (χ0n) is 10.7. The Morgan fingerprint density at radius 3 is 2.53 bits per heavy atom. The minimum absolute atomic E-state index is 0.00836. The van der Waals surface area contributed by atoms with Gasteiger partial charge in [0, 0.05) is 12.6 Å². The van der Waals surface area contributed by atoms with Gasteiger partial charge in [0.05, 0.1) is 0 Å². The fourth-order valence-corrected chi connectivity index (χ4v) is 2.36. The molecule has 1 heterocycles. The van der Waals surface area contributed by atoms with Gasteiger partial charge in [-0.2, -0.15) is 0 Å². The highest BCUT2D eigenvalue weighted by molar-refractivity contribution is 5.96. The summed E-state index contributed by atoms with van der Waals surface area (Å²) in [7, 11) is 1.76. The lowest BCUT2D eigenvalue weighted by atomic mass is 9.96. The Morgan fingerprint density at radius 1 is 1.05 bits per heavy atom. The molecule has 2 aromatic carbocycles. The number of amides is 1. The summed E-state index contributed by atoms with van der Waals surface area (Å²) < 4.78 is 5.90. The quantitative estimate of drug-likeness (QED) is 0.782. The van der Waals surface area contributed by atoms with Crippen LogP contribution in [0.5, 0.6) is 0 Å². The van der Waals surface area contributed by atoms with Gasteiger partial charge >= 0.3 is 0 Å². The Bertz CT molecular complexity index is 595. The van der Waals surface area contributed by atoms with Crippen LogP contribution in [0.3, 0.4) is 0 Å². The molecule has 3 rings (SSSR count). The summed E-state index contributed by atoms with van der Waals surface area (Å²) >= 11 is 0. The van der Waals surface area contributed by atoms with Crippen molar-refractivity contribution in [2.75, 3.05) is 13.8 Å². The van der Waals surface area contributed by atoms with E-state index < -0.39 is 0 Å². The van der Waals surface area contributed by atoms with Gasteiger partial charge in [-0.3, -0.25) is 4.79 Å². The van der Waals surface area contributed by atoms with Crippen LogP contribution in [0.25, 0.3) is 0 Å². The first kappa shape index (κ1) is 11.9. The van der Waals surface area contributed by atoms with Gasteiger partial charge in [0.25, 0.3) is 5.91 Å². The Morgan fingerprint density at radius 2 is 1.74 bits per heavy atom. The first-order valence-corrected chi connectivity index (χ1v) is 6.28. The highest BCUT2D eigenvalue weighted by Crippen LogP contribution is 2.31. The van der Waals surface area contributed by atoms with Crippen molar-refractivity contribution in [2.24, 2.45) is 0 Å². The SMILES string of the molecule is CN1CO[C@@H](c2ccccc2)c2ccccc2C1=O. The Labute approximate surface area is 112 Å². The first-order valence-electron chi connectivity index (χ1n) is 6.28. The lowest BCUT2D eigenvalue weighted by Gasteiger charge is -2.18. The van der Waals surface area contributed by atoms with Crippen molar-refractivity contribution in [2.45, 2.75) is 6.10 Å². The number of ether oxygens (including phenoxy) is 1. The molecule has 96 valence electrons. The van der Waals surface area contributed by atoms with Crippen molar-refractivity contribution in [3.8, 4) is 0 Å². The summed E-state index contributed by atoms with van der Waals surface area (Å²) in [6.07, 6.45) is -0.189. The summed E-state index contributed by atoms with van der Waals surface area (Å²) in [4.78, 5) is 13.9. The maximum absolute atomic E-state index is 12.3. The molecule has 3 nitrogen and oxygen atoms in total. The molecule has 1 atom stereocenters. The summed E-state index contributed by atoms with van der Waals surface area (Å²) in [6, 6.07) is 17.6. The second kappa shape index (κ2) is 4.86. The second-order valence-electron chi connectivity index (χ2n) is 4.68. The Hall–Kier alpha value is -2.13. The molecule has 0 aliphatic carbocycles. The summed E-state index contributed by atoms with van der Waals surface area (Å²) in [6.45, 7) is 0.299. The molecule has 3 heteroatoms. The number of hydrogen-bond acceptors (Lipinski definition) is 2. The van der Waals surface area contributed by atoms with Gasteiger partial charge in [-0.05, 0) is 17.2 Å². The van der Waals surface area contributed by atoms with Crippen molar-refractivity contribution in [3.63, 3.8) is 0 Å². The molecule has 1 aliphatic rings. The largest absolute Gasteiger partial charge is 0.348 e. The maximum Gasteiger partial charge on any atom is 0.255 e. The van der Waals surface area contributed by atoms with Crippen LogP contribution in [0.2, 0.25) is 0 Å². The van der Waals surface area contributed by atoms with Crippen molar-refractivity contribution < 1.29 is 9.53 Å². The second-order valence-corrected chi connectivity index (χ2v) is 4.68. The van der Waals surface area contributed by atoms with Crippen molar-refractivity contribution >= 4 is 5.91 Å². The lowest BCUT2D eigenvalue weighted by Crippen LogP contribution is -2.27. The molecule has 0 bridgehead atoms. The number of fused-ring (bicyclic) bond motifs is 1. The van der Waals surface area contributed by atoms with Crippen LogP contribution < -0.4 is 0 Å². The summed E-state index contributed by atoms with van der Waals surface area (Å²) in [5.74, 6) is 0.00836. The summed E-state index contributed by atoms with van der Waals surface area (Å²) in [5, 5.41) is 0. The summed E-state index contributed by atoms with van der Waals surface area (Å²) in [5.41, 5.74) is 2.72. The smallest absolute Gasteiger partial charge is 0.255 e. The first-order chi connectivity index (χ1) is 9.27. The van der Waals surface area contributed by atoms with E-state index in [1.165, 1.54) is 0 Å². The van der Waals surface area contributed by atoms with Gasteiger partial charge in [0.2, 0.25) is 0 Å². The molecular weight excluding hydrogens is 238 g/mol. The molecule has 0 saturated carbocycles. The Balaban J connectivity index is 2.12. The fourth-order valence-electron chi connectivity index (χ4n) is 2.36. The van der Waals surface area contributed by atoms with E-state index in [9.17, 15) is 4.79 Å². The molecule has 1 amide bonds. The zero-order valence-corrected chi connectivity index (χ0v) is 10.7. The monoisotopic (exact) mass is 253 g/mol. The number of rotatable bonds is 1. The molecule has 1 aliphatic heterocycles. The molecule has 19 heavy (non-hydrogen) atoms. The van der Waals surface area contributed by atoms with E-state index in [0.717, 1.165) is 16.7 Å². The lowest BCUT2D eigenvalue weighted by molar-refractivity contribution is 0.0147. The predicted molar refractivity (Wildman–Crippen MR) is 72.8 cm³/mol. The normalized spacial score (nSPS) is 18.9. The Kier molecular flexibility index (Phi) is 3.05. The average Bonchev–Trinajstić information content (AvgIpc) is 2.59. The van der Waals surface area contributed by atoms with Crippen LogP contribution in [0.15, 0.2) is 54.6 Å². The van der Waals surface area contributed by atoms with E-state index in [0.29, 0.717) is 6.73 Å². The van der Waals surface area contributed by atoms with E-state index >= 15 is 0 Å². The third-order valence-corrected chi connectivity index (χ3v) is 3.36. The van der Waals surface area contributed by atoms with E-state index in [4.69, 9.17) is 4.74 Å². The molecule has 0 N–H and O–H groups in total. The van der Waals surface area contributed by atoms with E-state index in [1.54, 1.807) is 11.9 Å². The van der Waals surface area contributed by atoms with Crippen molar-refractivity contribution in [3.05, 3.63) is 71.3 Å². The van der Waals surface area contributed by atoms with Crippen LogP contribution in [-0.2, 0) is 4.74 Å². The predicted octanol–water partition coefficient (Wildman–Crippen LogP) is 2.84. The van der Waals surface area contributed by atoms with Gasteiger partial charge in [-0.1, -0.05) is 48.5 Å². The van der Waals surface area contributed by atoms with Crippen molar-refractivity contribution in [1.29, 1.82) is 0 Å². The van der Waals surface area contributed by atoms with Crippen LogP contribution in [0, 0.1) is 0 Å². The molecule has 0 spiro atoms. The van der Waals surface area contributed by atoms with Gasteiger partial charge < -0.3 is 9.64 Å². The molecule has 0 unspecified atom stereocenters. The molecular formula is C16H15NO2. The number of hydrogen-bond donors (Lipinski definition) is 0. The topological polar surface area (TPSA) is 29.5 Å². The number of benzene rings is 2. The molecule has 2 aromatic rings. The van der Waals surface area contributed by atoms with Crippen LogP contribution in [0.1, 0.15) is 27.6 Å². The van der Waals surface area contributed by atoms with Crippen LogP contribution in [0.4, 0.5) is 0 Å².